The molecule has 9 heteroatoms. The molecular weight excluding hydrogens is 685 g/mol. The van der Waals surface area contributed by atoms with Gasteiger partial charge in [-0.1, -0.05) is 118 Å². The summed E-state index contributed by atoms with van der Waals surface area (Å²) < 4.78 is 54.5. The van der Waals surface area contributed by atoms with E-state index in [1.165, 1.54) is 0 Å². The van der Waals surface area contributed by atoms with Crippen molar-refractivity contribution < 1.29 is 37.6 Å². The molecule has 3 heterocycles. The maximum absolute atomic E-state index is 7.24. The molecule has 0 radical (unpaired) electrons. The molecule has 3 fully saturated rings. The van der Waals surface area contributed by atoms with Crippen LogP contribution in [0, 0.1) is 0 Å². The summed E-state index contributed by atoms with van der Waals surface area (Å²) in [6, 6.07) is 30.7. The van der Waals surface area contributed by atoms with Gasteiger partial charge in [-0.25, -0.2) is 0 Å². The van der Waals surface area contributed by atoms with E-state index in [0.29, 0.717) is 51.4 Å². The standard InChI is InChI=1S/C44H60O8Si/c1-31-42(52-53(7,8)43(2,3)4)40(47-29-34-22-16-11-17-23-34)26-37-36(48-31)25-39-38(50-44(5,6)51-39)24-35(46-28-33-20-14-10-15-21-33)41(49-37)30-45-27-32-18-12-9-13-19-32/h9-23,35-42H,1,24-30H2,2-8H3/t35-,36+,37-,38+,39-,40-,41+,42-/m1/s1. The lowest BCUT2D eigenvalue weighted by molar-refractivity contribution is -0.183. The summed E-state index contributed by atoms with van der Waals surface area (Å²) in [5.74, 6) is -0.197. The van der Waals surface area contributed by atoms with Gasteiger partial charge in [-0.05, 0) is 48.7 Å². The summed E-state index contributed by atoms with van der Waals surface area (Å²) in [6.07, 6.45) is -1.29. The smallest absolute Gasteiger partial charge is 0.193 e. The van der Waals surface area contributed by atoms with Gasteiger partial charge in [0.05, 0.1) is 56.9 Å². The Balaban J connectivity index is 1.34. The molecule has 3 aromatic carbocycles. The summed E-state index contributed by atoms with van der Waals surface area (Å²) in [5, 5.41) is -0.0297. The highest BCUT2D eigenvalue weighted by Crippen LogP contribution is 2.43. The van der Waals surface area contributed by atoms with Crippen LogP contribution in [0.4, 0.5) is 0 Å². The van der Waals surface area contributed by atoms with Gasteiger partial charge < -0.3 is 37.6 Å². The predicted molar refractivity (Wildman–Crippen MR) is 209 cm³/mol. The van der Waals surface area contributed by atoms with Gasteiger partial charge in [0, 0.05) is 19.3 Å². The molecule has 0 saturated carbocycles. The molecule has 8 nitrogen and oxygen atoms in total. The SMILES string of the molecule is C=C1O[C@H]2C[C@H]3OC(C)(C)O[C@H]3C[C@@H](OCc3ccccc3)[C@H](COCc3ccccc3)O[C@@H]2C[C@@H](OCc2ccccc2)[C@@H]1O[Si](C)(C)C(C)(C)C. The maximum Gasteiger partial charge on any atom is 0.193 e. The van der Waals surface area contributed by atoms with E-state index in [9.17, 15) is 0 Å². The van der Waals surface area contributed by atoms with Crippen molar-refractivity contribution in [2.45, 2.75) is 146 Å². The summed E-state index contributed by atoms with van der Waals surface area (Å²) in [5.41, 5.74) is 3.27. The normalized spacial score (nSPS) is 29.2. The first-order chi connectivity index (χ1) is 25.3. The molecule has 3 aliphatic heterocycles. The van der Waals surface area contributed by atoms with Crippen LogP contribution in [0.25, 0.3) is 0 Å². The molecule has 0 bridgehead atoms. The van der Waals surface area contributed by atoms with E-state index in [1.807, 2.05) is 68.4 Å². The van der Waals surface area contributed by atoms with Crippen LogP contribution in [0.3, 0.4) is 0 Å². The third-order valence-electron chi connectivity index (χ3n) is 11.1. The Bertz CT molecular complexity index is 1580. The highest BCUT2D eigenvalue weighted by Gasteiger charge is 2.51. The Morgan fingerprint density at radius 2 is 1.17 bits per heavy atom. The van der Waals surface area contributed by atoms with E-state index in [4.69, 9.17) is 37.6 Å². The van der Waals surface area contributed by atoms with Crippen LogP contribution < -0.4 is 0 Å². The Morgan fingerprint density at radius 3 is 1.72 bits per heavy atom. The van der Waals surface area contributed by atoms with Crippen molar-refractivity contribution in [3.63, 3.8) is 0 Å². The monoisotopic (exact) mass is 744 g/mol. The Hall–Kier alpha value is -2.86. The van der Waals surface area contributed by atoms with Crippen LogP contribution in [-0.4, -0.2) is 69.5 Å². The molecule has 8 atom stereocenters. The minimum Gasteiger partial charge on any atom is -0.490 e. The van der Waals surface area contributed by atoms with Crippen LogP contribution in [0.5, 0.6) is 0 Å². The van der Waals surface area contributed by atoms with E-state index in [2.05, 4.69) is 76.8 Å². The van der Waals surface area contributed by atoms with Crippen LogP contribution in [-0.2, 0) is 57.4 Å². The van der Waals surface area contributed by atoms with Crippen LogP contribution in [0.1, 0.15) is 70.6 Å². The number of rotatable bonds is 12. The van der Waals surface area contributed by atoms with E-state index < -0.39 is 38.5 Å². The molecule has 0 aromatic heterocycles. The van der Waals surface area contributed by atoms with Gasteiger partial charge >= 0.3 is 0 Å². The molecule has 0 spiro atoms. The van der Waals surface area contributed by atoms with Crippen molar-refractivity contribution in [2.24, 2.45) is 0 Å². The lowest BCUT2D eigenvalue weighted by Crippen LogP contribution is -2.48. The fourth-order valence-corrected chi connectivity index (χ4v) is 8.43. The quantitative estimate of drug-likeness (QED) is 0.170. The molecular formula is C44H60O8Si. The zero-order chi connectivity index (χ0) is 37.6. The number of hydrogen-bond acceptors (Lipinski definition) is 8. The van der Waals surface area contributed by atoms with E-state index in [1.54, 1.807) is 0 Å². The molecule has 0 aliphatic carbocycles. The van der Waals surface area contributed by atoms with Gasteiger partial charge in [-0.3, -0.25) is 0 Å². The first-order valence-electron chi connectivity index (χ1n) is 19.2. The summed E-state index contributed by atoms with van der Waals surface area (Å²) >= 11 is 0. The van der Waals surface area contributed by atoms with Gasteiger partial charge in [0.2, 0.25) is 0 Å². The number of benzene rings is 3. The highest BCUT2D eigenvalue weighted by atomic mass is 28.4. The molecule has 3 aliphatic rings. The zero-order valence-electron chi connectivity index (χ0n) is 32.7. The fraction of sp³-hybridized carbons (Fsp3) is 0.545. The van der Waals surface area contributed by atoms with Crippen LogP contribution >= 0.6 is 0 Å². The first-order valence-corrected chi connectivity index (χ1v) is 22.1. The zero-order valence-corrected chi connectivity index (χ0v) is 33.7. The Morgan fingerprint density at radius 1 is 0.679 bits per heavy atom. The topological polar surface area (TPSA) is 73.8 Å². The van der Waals surface area contributed by atoms with Crippen molar-refractivity contribution >= 4 is 8.32 Å². The summed E-state index contributed by atoms with van der Waals surface area (Å²) in [7, 11) is -2.29. The largest absolute Gasteiger partial charge is 0.490 e. The minimum absolute atomic E-state index is 0.0297. The summed E-state index contributed by atoms with van der Waals surface area (Å²) in [6.45, 7) is 21.3. The second kappa shape index (κ2) is 17.3. The average molecular weight is 745 g/mol. The second-order valence-electron chi connectivity index (χ2n) is 16.7. The third-order valence-corrected chi connectivity index (χ3v) is 15.5. The molecule has 53 heavy (non-hydrogen) atoms. The number of fused-ring (bicyclic) bond motifs is 2. The first kappa shape index (κ1) is 39.8. The van der Waals surface area contributed by atoms with Crippen molar-refractivity contribution in [2.75, 3.05) is 6.61 Å². The number of hydrogen-bond donors (Lipinski definition) is 0. The van der Waals surface area contributed by atoms with E-state index >= 15 is 0 Å². The molecule has 0 N–H and O–H groups in total. The maximum atomic E-state index is 7.24. The van der Waals surface area contributed by atoms with Crippen LogP contribution in [0.15, 0.2) is 103 Å². The Labute approximate surface area is 318 Å². The minimum atomic E-state index is -2.29. The van der Waals surface area contributed by atoms with Gasteiger partial charge in [0.25, 0.3) is 0 Å². The molecule has 0 amide bonds. The summed E-state index contributed by atoms with van der Waals surface area (Å²) in [4.78, 5) is 0. The van der Waals surface area contributed by atoms with Gasteiger partial charge in [-0.2, -0.15) is 0 Å². The molecule has 288 valence electrons. The van der Waals surface area contributed by atoms with Crippen LogP contribution in [0.2, 0.25) is 18.1 Å². The Kier molecular flexibility index (Phi) is 13.0. The van der Waals surface area contributed by atoms with Gasteiger partial charge in [0.15, 0.2) is 14.1 Å². The average Bonchev–Trinajstić information content (AvgIpc) is 3.37. The van der Waals surface area contributed by atoms with E-state index in [0.717, 1.165) is 16.7 Å². The molecule has 0 unspecified atom stereocenters. The fourth-order valence-electron chi connectivity index (χ4n) is 7.16. The van der Waals surface area contributed by atoms with Crippen molar-refractivity contribution in [3.05, 3.63) is 120 Å². The second-order valence-corrected chi connectivity index (χ2v) is 21.5. The molecule has 3 aromatic rings. The third kappa shape index (κ3) is 10.7. The van der Waals surface area contributed by atoms with E-state index in [-0.39, 0.29) is 29.5 Å². The van der Waals surface area contributed by atoms with Gasteiger partial charge in [0.1, 0.15) is 24.1 Å². The molecule has 3 saturated heterocycles. The van der Waals surface area contributed by atoms with Crippen molar-refractivity contribution in [3.8, 4) is 0 Å². The lowest BCUT2D eigenvalue weighted by atomic mass is 9.97. The predicted octanol–water partition coefficient (Wildman–Crippen LogP) is 9.13. The van der Waals surface area contributed by atoms with Gasteiger partial charge in [-0.15, -0.1) is 0 Å². The number of ether oxygens (including phenoxy) is 7. The molecule has 6 rings (SSSR count). The van der Waals surface area contributed by atoms with Crippen molar-refractivity contribution in [1.82, 2.24) is 0 Å². The lowest BCUT2D eigenvalue weighted by Gasteiger charge is -2.41. The van der Waals surface area contributed by atoms with Crippen molar-refractivity contribution in [1.29, 1.82) is 0 Å². The highest BCUT2D eigenvalue weighted by molar-refractivity contribution is 6.74.